The molecule has 0 spiro atoms. The maximum atomic E-state index is 4.77. The molecule has 0 fully saturated rings. The average Bonchev–Trinajstić information content (AvgIpc) is 2.59. The molecular formula is C16H20N2. The number of nitrogens with zero attached hydrogens (tertiary/aromatic N) is 1. The monoisotopic (exact) mass is 240 g/mol. The highest BCUT2D eigenvalue weighted by molar-refractivity contribution is 5.82. The maximum absolute atomic E-state index is 4.77. The molecule has 2 nitrogen and oxygen atoms in total. The molecule has 1 aliphatic heterocycles. The van der Waals surface area contributed by atoms with E-state index in [2.05, 4.69) is 43.4 Å². The topological polar surface area (TPSA) is 24.9 Å². The second-order valence-corrected chi connectivity index (χ2v) is 5.49. The van der Waals surface area contributed by atoms with E-state index in [9.17, 15) is 0 Å². The lowest BCUT2D eigenvalue weighted by molar-refractivity contribution is 0.786. The Morgan fingerprint density at radius 1 is 1.17 bits per heavy atom. The van der Waals surface area contributed by atoms with Crippen molar-refractivity contribution in [1.29, 1.82) is 0 Å². The van der Waals surface area contributed by atoms with E-state index in [1.165, 1.54) is 29.4 Å². The lowest BCUT2D eigenvalue weighted by Crippen LogP contribution is -2.02. The van der Waals surface area contributed by atoms with Crippen LogP contribution in [0.1, 0.15) is 43.7 Å². The standard InChI is InChI=1S/C16H20N2/c1-11(2)12-6-7-15-14(9-12)10-13-5-3-4-8-17-16(13)18-15/h6-7,9-11H,3-5,8H2,1-2H3,(H,17,18). The van der Waals surface area contributed by atoms with Crippen molar-refractivity contribution in [3.63, 3.8) is 0 Å². The molecular weight excluding hydrogens is 220 g/mol. The largest absolute Gasteiger partial charge is 0.370 e. The first kappa shape index (κ1) is 11.5. The molecule has 0 atom stereocenters. The molecule has 0 aliphatic carbocycles. The highest BCUT2D eigenvalue weighted by Gasteiger charge is 2.10. The number of pyridine rings is 1. The van der Waals surface area contributed by atoms with Crippen molar-refractivity contribution >= 4 is 16.7 Å². The van der Waals surface area contributed by atoms with Crippen molar-refractivity contribution in [2.24, 2.45) is 0 Å². The van der Waals surface area contributed by atoms with Crippen LogP contribution in [0, 0.1) is 0 Å². The van der Waals surface area contributed by atoms with Gasteiger partial charge in [0.1, 0.15) is 5.82 Å². The van der Waals surface area contributed by atoms with Crippen LogP contribution >= 0.6 is 0 Å². The predicted octanol–water partition coefficient (Wildman–Crippen LogP) is 4.11. The minimum atomic E-state index is 0.575. The quantitative estimate of drug-likeness (QED) is 0.811. The molecule has 0 saturated heterocycles. The van der Waals surface area contributed by atoms with E-state index in [0.717, 1.165) is 24.3 Å². The second kappa shape index (κ2) is 4.60. The van der Waals surface area contributed by atoms with Crippen molar-refractivity contribution in [2.75, 3.05) is 11.9 Å². The number of hydrogen-bond donors (Lipinski definition) is 1. The van der Waals surface area contributed by atoms with E-state index in [1.807, 2.05) is 0 Å². The minimum absolute atomic E-state index is 0.575. The molecule has 1 aromatic carbocycles. The van der Waals surface area contributed by atoms with Crippen LogP contribution < -0.4 is 5.32 Å². The Morgan fingerprint density at radius 2 is 2.06 bits per heavy atom. The van der Waals surface area contributed by atoms with Crippen LogP contribution in [0.5, 0.6) is 0 Å². The van der Waals surface area contributed by atoms with Gasteiger partial charge in [-0.05, 0) is 54.5 Å². The summed E-state index contributed by atoms with van der Waals surface area (Å²) in [6, 6.07) is 8.96. The van der Waals surface area contributed by atoms with Crippen molar-refractivity contribution in [2.45, 2.75) is 39.0 Å². The number of aryl methyl sites for hydroxylation is 1. The van der Waals surface area contributed by atoms with E-state index in [0.29, 0.717) is 5.92 Å². The summed E-state index contributed by atoms with van der Waals surface area (Å²) in [6.07, 6.45) is 3.65. The summed E-state index contributed by atoms with van der Waals surface area (Å²) >= 11 is 0. The summed E-state index contributed by atoms with van der Waals surface area (Å²) in [6.45, 7) is 5.52. The summed E-state index contributed by atoms with van der Waals surface area (Å²) in [5.41, 5.74) is 3.87. The van der Waals surface area contributed by atoms with Gasteiger partial charge in [0.2, 0.25) is 0 Å². The van der Waals surface area contributed by atoms with Crippen LogP contribution in [0.15, 0.2) is 24.3 Å². The van der Waals surface area contributed by atoms with Gasteiger partial charge in [-0.25, -0.2) is 4.98 Å². The van der Waals surface area contributed by atoms with Crippen molar-refractivity contribution < 1.29 is 0 Å². The molecule has 2 heterocycles. The Morgan fingerprint density at radius 3 is 2.89 bits per heavy atom. The third kappa shape index (κ3) is 2.07. The fraction of sp³-hybridized carbons (Fsp3) is 0.438. The van der Waals surface area contributed by atoms with Gasteiger partial charge in [-0.1, -0.05) is 19.9 Å². The van der Waals surface area contributed by atoms with E-state index < -0.39 is 0 Å². The summed E-state index contributed by atoms with van der Waals surface area (Å²) in [4.78, 5) is 4.77. The normalized spacial score (nSPS) is 15.3. The smallest absolute Gasteiger partial charge is 0.129 e. The Hall–Kier alpha value is -1.57. The molecule has 0 saturated carbocycles. The van der Waals surface area contributed by atoms with Gasteiger partial charge in [0, 0.05) is 11.9 Å². The molecule has 2 aromatic rings. The molecule has 0 amide bonds. The summed E-state index contributed by atoms with van der Waals surface area (Å²) in [5, 5.41) is 4.72. The average molecular weight is 240 g/mol. The molecule has 0 radical (unpaired) electrons. The number of benzene rings is 1. The zero-order chi connectivity index (χ0) is 12.5. The number of aromatic nitrogens is 1. The predicted molar refractivity (Wildman–Crippen MR) is 77.3 cm³/mol. The third-order valence-electron chi connectivity index (χ3n) is 3.75. The molecule has 0 unspecified atom stereocenters. The first-order valence-corrected chi connectivity index (χ1v) is 6.91. The van der Waals surface area contributed by atoms with Crippen LogP contribution in [0.2, 0.25) is 0 Å². The number of hydrogen-bond acceptors (Lipinski definition) is 2. The number of nitrogens with one attached hydrogen (secondary N) is 1. The van der Waals surface area contributed by atoms with Crippen LogP contribution in [0.4, 0.5) is 5.82 Å². The number of anilines is 1. The van der Waals surface area contributed by atoms with Crippen LogP contribution in [0.25, 0.3) is 10.9 Å². The minimum Gasteiger partial charge on any atom is -0.370 e. The Labute approximate surface area is 108 Å². The molecule has 3 rings (SSSR count). The second-order valence-electron chi connectivity index (χ2n) is 5.49. The van der Waals surface area contributed by atoms with E-state index in [4.69, 9.17) is 4.98 Å². The first-order valence-electron chi connectivity index (χ1n) is 6.91. The van der Waals surface area contributed by atoms with Gasteiger partial charge in [0.25, 0.3) is 0 Å². The highest BCUT2D eigenvalue weighted by Crippen LogP contribution is 2.26. The SMILES string of the molecule is CC(C)c1ccc2nc3c(cc2c1)CCCCN3. The Balaban J connectivity index is 2.13. The third-order valence-corrected chi connectivity index (χ3v) is 3.75. The Kier molecular flexibility index (Phi) is 2.94. The summed E-state index contributed by atoms with van der Waals surface area (Å²) < 4.78 is 0. The zero-order valence-electron chi connectivity index (χ0n) is 11.2. The lowest BCUT2D eigenvalue weighted by atomic mass is 10.00. The van der Waals surface area contributed by atoms with Crippen LogP contribution in [0.3, 0.4) is 0 Å². The van der Waals surface area contributed by atoms with Crippen molar-refractivity contribution in [3.05, 3.63) is 35.4 Å². The molecule has 18 heavy (non-hydrogen) atoms. The van der Waals surface area contributed by atoms with Gasteiger partial charge < -0.3 is 5.32 Å². The molecule has 2 heteroatoms. The fourth-order valence-corrected chi connectivity index (χ4v) is 2.59. The zero-order valence-corrected chi connectivity index (χ0v) is 11.2. The summed E-state index contributed by atoms with van der Waals surface area (Å²) in [7, 11) is 0. The van der Waals surface area contributed by atoms with Gasteiger partial charge >= 0.3 is 0 Å². The lowest BCUT2D eigenvalue weighted by Gasteiger charge is -2.11. The molecule has 1 aliphatic rings. The molecule has 1 aromatic heterocycles. The van der Waals surface area contributed by atoms with Gasteiger partial charge in [-0.15, -0.1) is 0 Å². The fourth-order valence-electron chi connectivity index (χ4n) is 2.59. The van der Waals surface area contributed by atoms with Crippen LogP contribution in [-0.2, 0) is 6.42 Å². The molecule has 1 N–H and O–H groups in total. The van der Waals surface area contributed by atoms with E-state index in [1.54, 1.807) is 0 Å². The Bertz CT molecular complexity index is 573. The van der Waals surface area contributed by atoms with Crippen molar-refractivity contribution in [3.8, 4) is 0 Å². The summed E-state index contributed by atoms with van der Waals surface area (Å²) in [5.74, 6) is 1.67. The number of fused-ring (bicyclic) bond motifs is 2. The first-order chi connectivity index (χ1) is 8.74. The van der Waals surface area contributed by atoms with Gasteiger partial charge in [0.15, 0.2) is 0 Å². The van der Waals surface area contributed by atoms with Crippen LogP contribution in [-0.4, -0.2) is 11.5 Å². The molecule has 94 valence electrons. The van der Waals surface area contributed by atoms with Gasteiger partial charge in [-0.3, -0.25) is 0 Å². The van der Waals surface area contributed by atoms with Gasteiger partial charge in [0.05, 0.1) is 5.52 Å². The highest BCUT2D eigenvalue weighted by atomic mass is 15.0. The van der Waals surface area contributed by atoms with Gasteiger partial charge in [-0.2, -0.15) is 0 Å². The number of rotatable bonds is 1. The maximum Gasteiger partial charge on any atom is 0.129 e. The van der Waals surface area contributed by atoms with E-state index >= 15 is 0 Å². The van der Waals surface area contributed by atoms with E-state index in [-0.39, 0.29) is 0 Å². The van der Waals surface area contributed by atoms with Crippen molar-refractivity contribution in [1.82, 2.24) is 4.98 Å². The molecule has 0 bridgehead atoms.